The quantitative estimate of drug-likeness (QED) is 0.811. The fraction of sp³-hybridized carbons (Fsp3) is 0.538. The number of hydrogen-bond donors (Lipinski definition) is 1. The van der Waals surface area contributed by atoms with Crippen molar-refractivity contribution in [3.05, 3.63) is 23.8 Å². The zero-order valence-corrected chi connectivity index (χ0v) is 11.1. The van der Waals surface area contributed by atoms with E-state index >= 15 is 0 Å². The number of rotatable bonds is 6. The lowest BCUT2D eigenvalue weighted by molar-refractivity contribution is 0.351. The number of nitrogens with zero attached hydrogens (tertiary/aromatic N) is 1. The van der Waals surface area contributed by atoms with Crippen LogP contribution in [0.4, 0.5) is 0 Å². The van der Waals surface area contributed by atoms with Crippen LogP contribution in [0.25, 0.3) is 0 Å². The average molecular weight is 238 g/mol. The van der Waals surface area contributed by atoms with E-state index < -0.39 is 0 Å². The third-order valence-electron chi connectivity index (χ3n) is 2.75. The van der Waals surface area contributed by atoms with E-state index in [4.69, 9.17) is 15.2 Å². The summed E-state index contributed by atoms with van der Waals surface area (Å²) >= 11 is 0. The predicted molar refractivity (Wildman–Crippen MR) is 69.9 cm³/mol. The normalized spacial score (nSPS) is 12.6. The van der Waals surface area contributed by atoms with Crippen molar-refractivity contribution in [3.63, 3.8) is 0 Å². The Bertz CT molecular complexity index is 353. The van der Waals surface area contributed by atoms with Crippen molar-refractivity contribution in [1.29, 1.82) is 0 Å². The predicted octanol–water partition coefficient (Wildman–Crippen LogP) is 1.31. The van der Waals surface area contributed by atoms with Gasteiger partial charge in [0.2, 0.25) is 0 Å². The van der Waals surface area contributed by atoms with Crippen LogP contribution in [-0.2, 0) is 0 Å². The fourth-order valence-corrected chi connectivity index (χ4v) is 1.86. The molecule has 0 saturated carbocycles. The van der Waals surface area contributed by atoms with Gasteiger partial charge in [0, 0.05) is 19.0 Å². The molecule has 1 unspecified atom stereocenters. The van der Waals surface area contributed by atoms with E-state index in [-0.39, 0.29) is 0 Å². The van der Waals surface area contributed by atoms with Crippen LogP contribution in [-0.4, -0.2) is 46.3 Å². The molecule has 2 N–H and O–H groups in total. The monoisotopic (exact) mass is 238 g/mol. The Morgan fingerprint density at radius 2 is 1.82 bits per heavy atom. The van der Waals surface area contributed by atoms with Crippen molar-refractivity contribution >= 4 is 0 Å². The summed E-state index contributed by atoms with van der Waals surface area (Å²) in [6.07, 6.45) is 0. The highest BCUT2D eigenvalue weighted by Crippen LogP contribution is 2.30. The van der Waals surface area contributed by atoms with E-state index in [1.165, 1.54) is 5.56 Å². The van der Waals surface area contributed by atoms with Gasteiger partial charge in [-0.25, -0.2) is 0 Å². The minimum absolute atomic E-state index is 0.310. The lowest BCUT2D eigenvalue weighted by Crippen LogP contribution is -2.25. The van der Waals surface area contributed by atoms with Gasteiger partial charge in [0.05, 0.1) is 14.2 Å². The largest absolute Gasteiger partial charge is 0.493 e. The molecule has 0 heterocycles. The molecule has 1 rings (SSSR count). The van der Waals surface area contributed by atoms with Crippen LogP contribution < -0.4 is 15.2 Å². The smallest absolute Gasteiger partial charge is 0.160 e. The summed E-state index contributed by atoms with van der Waals surface area (Å²) in [7, 11) is 7.37. The van der Waals surface area contributed by atoms with Crippen molar-refractivity contribution < 1.29 is 9.47 Å². The van der Waals surface area contributed by atoms with Crippen molar-refractivity contribution in [2.75, 3.05) is 41.4 Å². The highest BCUT2D eigenvalue weighted by atomic mass is 16.5. The Labute approximate surface area is 103 Å². The summed E-state index contributed by atoms with van der Waals surface area (Å²) in [5.74, 6) is 1.81. The summed E-state index contributed by atoms with van der Waals surface area (Å²) < 4.78 is 10.5. The Morgan fingerprint density at radius 3 is 2.29 bits per heavy atom. The molecular weight excluding hydrogens is 216 g/mol. The zero-order chi connectivity index (χ0) is 12.8. The molecule has 0 aromatic heterocycles. The zero-order valence-electron chi connectivity index (χ0n) is 11.1. The molecule has 0 aliphatic heterocycles. The van der Waals surface area contributed by atoms with E-state index in [1.54, 1.807) is 14.2 Å². The Morgan fingerprint density at radius 1 is 1.18 bits per heavy atom. The van der Waals surface area contributed by atoms with Crippen molar-refractivity contribution in [1.82, 2.24) is 4.90 Å². The topological polar surface area (TPSA) is 47.7 Å². The van der Waals surface area contributed by atoms with Crippen LogP contribution in [0.2, 0.25) is 0 Å². The molecule has 0 aliphatic rings. The molecule has 0 radical (unpaired) electrons. The molecule has 17 heavy (non-hydrogen) atoms. The number of likely N-dealkylation sites (N-methyl/N-ethyl adjacent to an activating group) is 1. The van der Waals surface area contributed by atoms with E-state index in [0.29, 0.717) is 12.5 Å². The first kappa shape index (κ1) is 13.8. The molecule has 96 valence electrons. The maximum Gasteiger partial charge on any atom is 0.160 e. The Balaban J connectivity index is 2.96. The van der Waals surface area contributed by atoms with Gasteiger partial charge >= 0.3 is 0 Å². The van der Waals surface area contributed by atoms with Crippen LogP contribution >= 0.6 is 0 Å². The molecule has 0 saturated heterocycles. The minimum Gasteiger partial charge on any atom is -0.493 e. The molecule has 0 bridgehead atoms. The molecule has 1 atom stereocenters. The lowest BCUT2D eigenvalue weighted by atomic mass is 9.98. The van der Waals surface area contributed by atoms with E-state index in [2.05, 4.69) is 4.90 Å². The van der Waals surface area contributed by atoms with Gasteiger partial charge in [-0.05, 0) is 31.8 Å². The van der Waals surface area contributed by atoms with Gasteiger partial charge in [-0.15, -0.1) is 0 Å². The average Bonchev–Trinajstić information content (AvgIpc) is 2.34. The summed E-state index contributed by atoms with van der Waals surface area (Å²) in [5, 5.41) is 0. The third-order valence-corrected chi connectivity index (χ3v) is 2.75. The lowest BCUT2D eigenvalue weighted by Gasteiger charge is -2.21. The van der Waals surface area contributed by atoms with Gasteiger partial charge < -0.3 is 20.1 Å². The van der Waals surface area contributed by atoms with Gasteiger partial charge in [0.25, 0.3) is 0 Å². The first-order valence-electron chi connectivity index (χ1n) is 5.69. The van der Waals surface area contributed by atoms with Crippen LogP contribution in [0, 0.1) is 0 Å². The van der Waals surface area contributed by atoms with Gasteiger partial charge in [0.1, 0.15) is 0 Å². The van der Waals surface area contributed by atoms with Crippen molar-refractivity contribution in [2.45, 2.75) is 5.92 Å². The Hall–Kier alpha value is -1.26. The van der Waals surface area contributed by atoms with Gasteiger partial charge in [-0.2, -0.15) is 0 Å². The SMILES string of the molecule is COc1ccc(C(CN)CN(C)C)cc1OC. The first-order valence-corrected chi connectivity index (χ1v) is 5.69. The molecule has 1 aromatic rings. The Kier molecular flexibility index (Phi) is 5.25. The summed E-state index contributed by atoms with van der Waals surface area (Å²) in [5.41, 5.74) is 7.00. The van der Waals surface area contributed by atoms with Crippen LogP contribution in [0.3, 0.4) is 0 Å². The number of ether oxygens (including phenoxy) is 2. The molecular formula is C13H22N2O2. The highest BCUT2D eigenvalue weighted by Gasteiger charge is 2.13. The molecule has 0 aliphatic carbocycles. The molecule has 4 heteroatoms. The van der Waals surface area contributed by atoms with Gasteiger partial charge in [-0.1, -0.05) is 6.07 Å². The van der Waals surface area contributed by atoms with Crippen LogP contribution in [0.15, 0.2) is 18.2 Å². The van der Waals surface area contributed by atoms with Crippen molar-refractivity contribution in [2.24, 2.45) is 5.73 Å². The second-order valence-corrected chi connectivity index (χ2v) is 4.31. The number of benzene rings is 1. The second-order valence-electron chi connectivity index (χ2n) is 4.31. The molecule has 1 aromatic carbocycles. The number of methoxy groups -OCH3 is 2. The summed E-state index contributed by atoms with van der Waals surface area (Å²) in [4.78, 5) is 2.13. The number of hydrogen-bond acceptors (Lipinski definition) is 4. The molecule has 0 spiro atoms. The van der Waals surface area contributed by atoms with E-state index in [0.717, 1.165) is 18.0 Å². The van der Waals surface area contributed by atoms with E-state index in [9.17, 15) is 0 Å². The standard InChI is InChI=1S/C13H22N2O2/c1-15(2)9-11(8-14)10-5-6-12(16-3)13(7-10)17-4/h5-7,11H,8-9,14H2,1-4H3. The van der Waals surface area contributed by atoms with Gasteiger partial charge in [0.15, 0.2) is 11.5 Å². The minimum atomic E-state index is 0.310. The van der Waals surface area contributed by atoms with Gasteiger partial charge in [-0.3, -0.25) is 0 Å². The highest BCUT2D eigenvalue weighted by molar-refractivity contribution is 5.44. The molecule has 4 nitrogen and oxygen atoms in total. The maximum atomic E-state index is 5.82. The summed E-state index contributed by atoms with van der Waals surface area (Å²) in [6.45, 7) is 1.54. The fourth-order valence-electron chi connectivity index (χ4n) is 1.86. The van der Waals surface area contributed by atoms with Crippen LogP contribution in [0.1, 0.15) is 11.5 Å². The summed E-state index contributed by atoms with van der Waals surface area (Å²) in [6, 6.07) is 5.97. The maximum absolute atomic E-state index is 5.82. The van der Waals surface area contributed by atoms with E-state index in [1.807, 2.05) is 32.3 Å². The molecule has 0 amide bonds. The third kappa shape index (κ3) is 3.61. The second kappa shape index (κ2) is 6.47. The van der Waals surface area contributed by atoms with Crippen molar-refractivity contribution in [3.8, 4) is 11.5 Å². The van der Waals surface area contributed by atoms with Crippen LogP contribution in [0.5, 0.6) is 11.5 Å². The first-order chi connectivity index (χ1) is 8.12. The number of nitrogens with two attached hydrogens (primary N) is 1. The molecule has 0 fully saturated rings.